The van der Waals surface area contributed by atoms with Gasteiger partial charge in [-0.1, -0.05) is 11.6 Å². The van der Waals surface area contributed by atoms with E-state index in [2.05, 4.69) is 30.9 Å². The monoisotopic (exact) mass is 447 g/mol. The summed E-state index contributed by atoms with van der Waals surface area (Å²) in [4.78, 5) is 13.1. The second-order valence-electron chi connectivity index (χ2n) is 7.23. The zero-order chi connectivity index (χ0) is 21.3. The predicted octanol–water partition coefficient (Wildman–Crippen LogP) is 3.57. The van der Waals surface area contributed by atoms with Crippen LogP contribution in [0.5, 0.6) is 5.88 Å². The van der Waals surface area contributed by atoms with Gasteiger partial charge >= 0.3 is 0 Å². The first-order chi connectivity index (χ1) is 14.3. The predicted molar refractivity (Wildman–Crippen MR) is 121 cm³/mol. The molecule has 3 heterocycles. The molecular formula is C20H22ClN5O3S. The van der Waals surface area contributed by atoms with Crippen molar-refractivity contribution in [2.45, 2.75) is 19.4 Å². The largest absolute Gasteiger partial charge is 0.470 e. The second-order valence-corrected chi connectivity index (χ2v) is 9.83. The third-order valence-electron chi connectivity index (χ3n) is 4.51. The van der Waals surface area contributed by atoms with Gasteiger partial charge in [-0.25, -0.2) is 14.2 Å². The van der Waals surface area contributed by atoms with Gasteiger partial charge in [-0.05, 0) is 42.6 Å². The van der Waals surface area contributed by atoms with E-state index >= 15 is 0 Å². The van der Waals surface area contributed by atoms with E-state index in [1.807, 2.05) is 19.1 Å². The summed E-state index contributed by atoms with van der Waals surface area (Å²) in [6, 6.07) is 7.19. The molecule has 4 rings (SSSR count). The van der Waals surface area contributed by atoms with Crippen LogP contribution >= 0.6 is 11.6 Å². The number of ether oxygens (including phenoxy) is 2. The number of anilines is 3. The maximum absolute atomic E-state index is 12.0. The lowest BCUT2D eigenvalue weighted by molar-refractivity contribution is 0.138. The van der Waals surface area contributed by atoms with Gasteiger partial charge < -0.3 is 19.5 Å². The van der Waals surface area contributed by atoms with Gasteiger partial charge in [0.15, 0.2) is 0 Å². The van der Waals surface area contributed by atoms with Crippen molar-refractivity contribution in [3.8, 4) is 5.88 Å². The summed E-state index contributed by atoms with van der Waals surface area (Å²) in [5, 5.41) is 4.47. The number of rotatable bonds is 6. The summed E-state index contributed by atoms with van der Waals surface area (Å²) in [6.07, 6.45) is 3.74. The fraction of sp³-hybridized carbons (Fsp3) is 0.300. The van der Waals surface area contributed by atoms with Gasteiger partial charge in [0, 0.05) is 33.5 Å². The van der Waals surface area contributed by atoms with Crippen LogP contribution in [0, 0.1) is 6.92 Å². The quantitative estimate of drug-likeness (QED) is 0.440. The van der Waals surface area contributed by atoms with Gasteiger partial charge in [0.05, 0.1) is 18.7 Å². The molecule has 0 bridgehead atoms. The highest BCUT2D eigenvalue weighted by Gasteiger charge is 2.20. The summed E-state index contributed by atoms with van der Waals surface area (Å²) in [7, 11) is -2.40. The van der Waals surface area contributed by atoms with E-state index in [0.29, 0.717) is 47.0 Å². The number of benzene rings is 1. The minimum atomic E-state index is -2.40. The van der Waals surface area contributed by atoms with Crippen molar-refractivity contribution in [3.63, 3.8) is 0 Å². The summed E-state index contributed by atoms with van der Waals surface area (Å²) in [6.45, 7) is 3.12. The molecule has 0 radical (unpaired) electrons. The molecule has 8 nitrogen and oxygen atoms in total. The Bertz CT molecular complexity index is 1200. The van der Waals surface area contributed by atoms with Crippen LogP contribution in [0.15, 0.2) is 30.6 Å². The summed E-state index contributed by atoms with van der Waals surface area (Å²) < 4.78 is 26.3. The third kappa shape index (κ3) is 4.75. The summed E-state index contributed by atoms with van der Waals surface area (Å²) >= 11 is 6.08. The number of aromatic nitrogens is 3. The zero-order valence-electron chi connectivity index (χ0n) is 16.6. The van der Waals surface area contributed by atoms with Crippen LogP contribution in [-0.2, 0) is 14.4 Å². The van der Waals surface area contributed by atoms with Gasteiger partial charge in [0.2, 0.25) is 5.88 Å². The maximum Gasteiger partial charge on any atom is 0.239 e. The Morgan fingerprint density at radius 3 is 2.90 bits per heavy atom. The Hall–Kier alpha value is -2.62. The fourth-order valence-electron chi connectivity index (χ4n) is 3.29. The average molecular weight is 448 g/mol. The van der Waals surface area contributed by atoms with Crippen molar-refractivity contribution >= 4 is 55.3 Å². The Labute approximate surface area is 180 Å². The van der Waals surface area contributed by atoms with Crippen LogP contribution in [0.3, 0.4) is 0 Å². The third-order valence-corrected chi connectivity index (χ3v) is 5.39. The average Bonchev–Trinajstić information content (AvgIpc) is 3.15. The lowest BCUT2D eigenvalue weighted by atomic mass is 10.1. The van der Waals surface area contributed by atoms with Crippen LogP contribution in [0.4, 0.5) is 17.2 Å². The van der Waals surface area contributed by atoms with Crippen molar-refractivity contribution in [3.05, 3.63) is 41.3 Å². The number of pyridine rings is 1. The Balaban J connectivity index is 1.70. The molecule has 1 aliphatic rings. The molecule has 2 aromatic heterocycles. The molecule has 1 aliphatic heterocycles. The molecule has 2 atom stereocenters. The van der Waals surface area contributed by atoms with E-state index in [9.17, 15) is 4.21 Å². The molecule has 2 N–H and O–H groups in total. The highest BCUT2D eigenvalue weighted by Crippen LogP contribution is 2.33. The number of aryl methyl sites for hydroxylation is 1. The number of fused-ring (bicyclic) bond motifs is 1. The molecule has 3 aromatic rings. The molecule has 1 aromatic carbocycles. The fourth-order valence-corrected chi connectivity index (χ4v) is 4.05. The lowest BCUT2D eigenvalue weighted by Crippen LogP contribution is -2.17. The first-order valence-electron chi connectivity index (χ1n) is 9.32. The van der Waals surface area contributed by atoms with E-state index in [1.54, 1.807) is 18.4 Å². The number of hydrogen-bond acceptors (Lipinski definition) is 7. The van der Waals surface area contributed by atoms with Gasteiger partial charge in [-0.2, -0.15) is 4.98 Å². The standard InChI is InChI=1S/C20H22ClN5O3S/c1-12-8-13(26-30(2,3)27)9-16-18(12)19(23-11-22-16)24-15-4-5-17(21)25-20(15)29-14-6-7-28-10-14/h4-5,8-9,11,14H,2,6-7,10H2,1,3H3,(H,26,27)(H,22,23,24). The van der Waals surface area contributed by atoms with Gasteiger partial charge in [0.25, 0.3) is 0 Å². The Kier molecular flexibility index (Phi) is 5.68. The van der Waals surface area contributed by atoms with Crippen molar-refractivity contribution < 1.29 is 13.7 Å². The molecule has 10 heteroatoms. The smallest absolute Gasteiger partial charge is 0.239 e. The molecule has 0 spiro atoms. The number of nitrogens with zero attached hydrogens (tertiary/aromatic N) is 3. The normalized spacial score (nSPS) is 18.2. The van der Waals surface area contributed by atoms with E-state index in [4.69, 9.17) is 21.1 Å². The van der Waals surface area contributed by atoms with E-state index < -0.39 is 9.71 Å². The highest BCUT2D eigenvalue weighted by molar-refractivity contribution is 8.00. The van der Waals surface area contributed by atoms with Gasteiger partial charge in [-0.3, -0.25) is 0 Å². The van der Waals surface area contributed by atoms with E-state index in [-0.39, 0.29) is 6.10 Å². The van der Waals surface area contributed by atoms with Crippen molar-refractivity contribution in [2.75, 3.05) is 29.5 Å². The minimum Gasteiger partial charge on any atom is -0.470 e. The number of halogens is 1. The van der Waals surface area contributed by atoms with Crippen LogP contribution in [0.2, 0.25) is 5.15 Å². The van der Waals surface area contributed by atoms with Crippen LogP contribution in [-0.4, -0.2) is 50.6 Å². The molecule has 0 aliphatic carbocycles. The molecular weight excluding hydrogens is 426 g/mol. The number of hydrogen-bond donors (Lipinski definition) is 2. The number of nitrogens with one attached hydrogen (secondary N) is 2. The van der Waals surface area contributed by atoms with Crippen molar-refractivity contribution in [2.24, 2.45) is 0 Å². The molecule has 1 fully saturated rings. The first-order valence-corrected chi connectivity index (χ1v) is 11.8. The van der Waals surface area contributed by atoms with Crippen LogP contribution in [0.1, 0.15) is 12.0 Å². The highest BCUT2D eigenvalue weighted by atomic mass is 35.5. The molecule has 158 valence electrons. The molecule has 2 unspecified atom stereocenters. The summed E-state index contributed by atoms with van der Waals surface area (Å²) in [5.41, 5.74) is 2.94. The van der Waals surface area contributed by atoms with Crippen molar-refractivity contribution in [1.29, 1.82) is 0 Å². The van der Waals surface area contributed by atoms with Gasteiger partial charge in [0.1, 0.15) is 29.1 Å². The zero-order valence-corrected chi connectivity index (χ0v) is 18.2. The SMILES string of the molecule is C=S(C)(=O)Nc1cc(C)c2c(Nc3ccc(Cl)nc3OC3CCOC3)ncnc2c1. The van der Waals surface area contributed by atoms with E-state index in [0.717, 1.165) is 17.4 Å². The van der Waals surface area contributed by atoms with Crippen LogP contribution < -0.4 is 14.8 Å². The maximum atomic E-state index is 12.0. The second kappa shape index (κ2) is 8.25. The Morgan fingerprint density at radius 2 is 2.17 bits per heavy atom. The Morgan fingerprint density at radius 1 is 1.33 bits per heavy atom. The molecule has 0 amide bonds. The molecule has 30 heavy (non-hydrogen) atoms. The van der Waals surface area contributed by atoms with Crippen molar-refractivity contribution in [1.82, 2.24) is 15.0 Å². The minimum absolute atomic E-state index is 0.0689. The molecule has 1 saturated heterocycles. The first kappa shape index (κ1) is 20.6. The lowest BCUT2D eigenvalue weighted by Gasteiger charge is -2.17. The van der Waals surface area contributed by atoms with Gasteiger partial charge in [-0.15, -0.1) is 0 Å². The topological polar surface area (TPSA) is 98.3 Å². The molecule has 0 saturated carbocycles. The van der Waals surface area contributed by atoms with Crippen LogP contribution in [0.25, 0.3) is 10.9 Å². The summed E-state index contributed by atoms with van der Waals surface area (Å²) in [5.74, 6) is 4.63. The van der Waals surface area contributed by atoms with E-state index in [1.165, 1.54) is 6.33 Å².